The van der Waals surface area contributed by atoms with Gasteiger partial charge in [0.2, 0.25) is 5.91 Å². The van der Waals surface area contributed by atoms with Gasteiger partial charge in [-0.3, -0.25) is 14.4 Å². The van der Waals surface area contributed by atoms with Gasteiger partial charge in [0.05, 0.1) is 5.92 Å². The molecule has 6 nitrogen and oxygen atoms in total. The maximum Gasteiger partial charge on any atom is 0.308 e. The summed E-state index contributed by atoms with van der Waals surface area (Å²) in [4.78, 5) is 35.1. The van der Waals surface area contributed by atoms with Crippen LogP contribution in [-0.4, -0.2) is 28.9 Å². The highest BCUT2D eigenvalue weighted by molar-refractivity contribution is 5.98. The van der Waals surface area contributed by atoms with Crippen LogP contribution >= 0.6 is 0 Å². The number of carboxylic acids is 1. The van der Waals surface area contributed by atoms with E-state index in [2.05, 4.69) is 10.6 Å². The first-order valence-electron chi connectivity index (χ1n) is 7.74. The molecule has 4 unspecified atom stereocenters. The minimum atomic E-state index is -0.961. The molecule has 124 valence electrons. The molecule has 0 heterocycles. The van der Waals surface area contributed by atoms with Gasteiger partial charge < -0.3 is 15.7 Å². The van der Waals surface area contributed by atoms with E-state index in [1.165, 1.54) is 0 Å². The zero-order valence-corrected chi connectivity index (χ0v) is 13.5. The molecule has 23 heavy (non-hydrogen) atoms. The first kappa shape index (κ1) is 17.0. The van der Waals surface area contributed by atoms with Crippen molar-refractivity contribution in [3.63, 3.8) is 0 Å². The second-order valence-electron chi connectivity index (χ2n) is 6.28. The van der Waals surface area contributed by atoms with Crippen molar-refractivity contribution < 1.29 is 19.5 Å². The van der Waals surface area contributed by atoms with E-state index < -0.39 is 17.9 Å². The number of rotatable bonds is 6. The van der Waals surface area contributed by atoms with Crippen LogP contribution in [0.1, 0.15) is 37.6 Å². The van der Waals surface area contributed by atoms with Crippen molar-refractivity contribution in [2.24, 2.45) is 17.8 Å². The Hall–Kier alpha value is -2.37. The van der Waals surface area contributed by atoms with E-state index in [-0.39, 0.29) is 17.7 Å². The van der Waals surface area contributed by atoms with E-state index >= 15 is 0 Å². The number of carbonyl (C=O) groups excluding carboxylic acids is 2. The molecule has 3 N–H and O–H groups in total. The summed E-state index contributed by atoms with van der Waals surface area (Å²) >= 11 is 0. The average Bonchev–Trinajstić information content (AvgIpc) is 3.23. The average molecular weight is 318 g/mol. The molecule has 2 amide bonds. The second-order valence-corrected chi connectivity index (χ2v) is 6.28. The number of carbonyl (C=O) groups is 3. The van der Waals surface area contributed by atoms with Gasteiger partial charge in [-0.05, 0) is 44.4 Å². The van der Waals surface area contributed by atoms with Crippen LogP contribution in [0.15, 0.2) is 24.3 Å². The van der Waals surface area contributed by atoms with Crippen molar-refractivity contribution in [3.05, 3.63) is 29.8 Å². The Morgan fingerprint density at radius 3 is 2.48 bits per heavy atom. The van der Waals surface area contributed by atoms with Crippen molar-refractivity contribution in [1.82, 2.24) is 5.32 Å². The Labute approximate surface area is 135 Å². The van der Waals surface area contributed by atoms with Crippen LogP contribution in [0.3, 0.4) is 0 Å². The minimum Gasteiger partial charge on any atom is -0.481 e. The number of benzene rings is 1. The van der Waals surface area contributed by atoms with Crippen LogP contribution < -0.4 is 10.6 Å². The zero-order valence-electron chi connectivity index (χ0n) is 13.5. The SMILES string of the molecule is CC1CC1C(=O)Nc1cccc(C(=O)NC(C)C(C)C(=O)O)c1. The van der Waals surface area contributed by atoms with Crippen molar-refractivity contribution in [2.75, 3.05) is 5.32 Å². The molecule has 0 bridgehead atoms. The van der Waals surface area contributed by atoms with Gasteiger partial charge in [0.15, 0.2) is 0 Å². The molecule has 1 aromatic carbocycles. The Bertz CT molecular complexity index is 629. The highest BCUT2D eigenvalue weighted by Gasteiger charge is 2.39. The molecule has 6 heteroatoms. The lowest BCUT2D eigenvalue weighted by molar-refractivity contribution is -0.141. The van der Waals surface area contributed by atoms with Crippen LogP contribution in [-0.2, 0) is 9.59 Å². The summed E-state index contributed by atoms with van der Waals surface area (Å²) in [5.41, 5.74) is 0.955. The summed E-state index contributed by atoms with van der Waals surface area (Å²) in [7, 11) is 0. The van der Waals surface area contributed by atoms with Crippen molar-refractivity contribution in [3.8, 4) is 0 Å². The largest absolute Gasteiger partial charge is 0.481 e. The number of hydrogen-bond acceptors (Lipinski definition) is 3. The monoisotopic (exact) mass is 318 g/mol. The Balaban J connectivity index is 1.99. The first-order chi connectivity index (χ1) is 10.8. The Morgan fingerprint density at radius 1 is 1.26 bits per heavy atom. The highest BCUT2D eigenvalue weighted by Crippen LogP contribution is 2.38. The smallest absolute Gasteiger partial charge is 0.308 e. The third kappa shape index (κ3) is 4.31. The van der Waals surface area contributed by atoms with E-state index in [0.29, 0.717) is 17.2 Å². The summed E-state index contributed by atoms with van der Waals surface area (Å²) in [5, 5.41) is 14.4. The van der Waals surface area contributed by atoms with Gasteiger partial charge in [0.1, 0.15) is 0 Å². The van der Waals surface area contributed by atoms with Crippen molar-refractivity contribution in [1.29, 1.82) is 0 Å². The molecular weight excluding hydrogens is 296 g/mol. The number of hydrogen-bond donors (Lipinski definition) is 3. The summed E-state index contributed by atoms with van der Waals surface area (Å²) in [6, 6.07) is 6.14. The van der Waals surface area contributed by atoms with Crippen LogP contribution in [0.5, 0.6) is 0 Å². The van der Waals surface area contributed by atoms with Gasteiger partial charge in [-0.15, -0.1) is 0 Å². The maximum absolute atomic E-state index is 12.2. The fourth-order valence-corrected chi connectivity index (χ4v) is 2.29. The predicted octanol–water partition coefficient (Wildman–Crippen LogP) is 2.12. The number of carboxylic acid groups (broad SMARTS) is 1. The fraction of sp³-hybridized carbons (Fsp3) is 0.471. The second kappa shape index (κ2) is 6.81. The maximum atomic E-state index is 12.2. The molecule has 4 atom stereocenters. The highest BCUT2D eigenvalue weighted by atomic mass is 16.4. The van der Waals surface area contributed by atoms with Crippen LogP contribution in [0.4, 0.5) is 5.69 Å². The third-order valence-electron chi connectivity index (χ3n) is 4.34. The molecule has 2 rings (SSSR count). The normalized spacial score (nSPS) is 21.9. The van der Waals surface area contributed by atoms with Crippen LogP contribution in [0, 0.1) is 17.8 Å². The summed E-state index contributed by atoms with van der Waals surface area (Å²) in [6.45, 7) is 5.22. The van der Waals surface area contributed by atoms with E-state index in [4.69, 9.17) is 5.11 Å². The molecule has 0 spiro atoms. The number of amides is 2. The minimum absolute atomic E-state index is 0.0251. The topological polar surface area (TPSA) is 95.5 Å². The predicted molar refractivity (Wildman–Crippen MR) is 86.1 cm³/mol. The molecule has 1 aliphatic rings. The van der Waals surface area contributed by atoms with E-state index in [1.54, 1.807) is 38.1 Å². The molecule has 0 aliphatic heterocycles. The van der Waals surface area contributed by atoms with Gasteiger partial charge in [-0.2, -0.15) is 0 Å². The molecule has 0 aromatic heterocycles. The van der Waals surface area contributed by atoms with Gasteiger partial charge >= 0.3 is 5.97 Å². The van der Waals surface area contributed by atoms with E-state index in [0.717, 1.165) is 6.42 Å². The third-order valence-corrected chi connectivity index (χ3v) is 4.34. The summed E-state index contributed by atoms with van der Waals surface area (Å²) < 4.78 is 0. The Kier molecular flexibility index (Phi) is 5.03. The Morgan fingerprint density at radius 2 is 1.91 bits per heavy atom. The van der Waals surface area contributed by atoms with Gasteiger partial charge in [-0.25, -0.2) is 0 Å². The summed E-state index contributed by atoms with van der Waals surface area (Å²) in [5.74, 6) is -1.55. The zero-order chi connectivity index (χ0) is 17.1. The standard InChI is InChI=1S/C17H22N2O4/c1-9-7-14(9)16(21)19-13-6-4-5-12(8-13)15(20)18-11(3)10(2)17(22)23/h4-6,8-11,14H,7H2,1-3H3,(H,18,20)(H,19,21)(H,22,23). The molecule has 1 saturated carbocycles. The van der Waals surface area contributed by atoms with E-state index in [1.807, 2.05) is 6.92 Å². The number of nitrogens with one attached hydrogen (secondary N) is 2. The molecule has 0 radical (unpaired) electrons. The molecule has 1 aliphatic carbocycles. The quantitative estimate of drug-likeness (QED) is 0.748. The molecular formula is C17H22N2O4. The van der Waals surface area contributed by atoms with Crippen molar-refractivity contribution in [2.45, 2.75) is 33.2 Å². The fourth-order valence-electron chi connectivity index (χ4n) is 2.29. The van der Waals surface area contributed by atoms with Gasteiger partial charge in [0, 0.05) is 23.2 Å². The number of anilines is 1. The molecule has 1 fully saturated rings. The van der Waals surface area contributed by atoms with Crippen LogP contribution in [0.25, 0.3) is 0 Å². The molecule has 1 aromatic rings. The lowest BCUT2D eigenvalue weighted by Gasteiger charge is -2.18. The van der Waals surface area contributed by atoms with E-state index in [9.17, 15) is 14.4 Å². The van der Waals surface area contributed by atoms with Gasteiger partial charge in [0.25, 0.3) is 5.91 Å². The lowest BCUT2D eigenvalue weighted by atomic mass is 10.0. The first-order valence-corrected chi connectivity index (χ1v) is 7.74. The van der Waals surface area contributed by atoms with Gasteiger partial charge in [-0.1, -0.05) is 13.0 Å². The van der Waals surface area contributed by atoms with Crippen LogP contribution in [0.2, 0.25) is 0 Å². The number of aliphatic carboxylic acids is 1. The summed E-state index contributed by atoms with van der Waals surface area (Å²) in [6.07, 6.45) is 0.899. The molecule has 0 saturated heterocycles. The van der Waals surface area contributed by atoms with Crippen molar-refractivity contribution >= 4 is 23.5 Å². The lowest BCUT2D eigenvalue weighted by Crippen LogP contribution is -2.40.